The van der Waals surface area contributed by atoms with Crippen LogP contribution in [0.15, 0.2) is 46.5 Å². The van der Waals surface area contributed by atoms with E-state index < -0.39 is 56.1 Å². The zero-order valence-corrected chi connectivity index (χ0v) is 27.8. The van der Waals surface area contributed by atoms with Gasteiger partial charge in [0.15, 0.2) is 6.10 Å². The topological polar surface area (TPSA) is 230 Å². The highest BCUT2D eigenvalue weighted by molar-refractivity contribution is 7.51. The second-order valence-electron chi connectivity index (χ2n) is 11.4. The average Bonchev–Trinajstić information content (AvgIpc) is 2.97. The number of primary amides is 1. The molecule has 6 atom stereocenters. The second kappa shape index (κ2) is 17.4. The van der Waals surface area contributed by atoms with Crippen molar-refractivity contribution in [2.75, 3.05) is 25.7 Å². The van der Waals surface area contributed by atoms with Gasteiger partial charge in [-0.15, -0.1) is 0 Å². The number of phenolic OH excluding ortho intramolecular Hbond substituents is 2. The zero-order chi connectivity index (χ0) is 34.8. The van der Waals surface area contributed by atoms with E-state index in [-0.39, 0.29) is 52.8 Å². The van der Waals surface area contributed by atoms with Crippen LogP contribution in [0.1, 0.15) is 46.1 Å². The molecule has 8 N–H and O–H groups in total. The van der Waals surface area contributed by atoms with Gasteiger partial charge in [-0.2, -0.15) is 0 Å². The van der Waals surface area contributed by atoms with E-state index in [9.17, 15) is 29.5 Å². The molecule has 0 saturated carbocycles. The fourth-order valence-corrected chi connectivity index (χ4v) is 5.57. The number of anilines is 1. The SMILES string of the molecule is CO[C@H]1C=CC=C(C)C(=O)Nc2cc(O)c(N=CCCP(=O)(O)O)c(c2O)C[C@@H](C)C[C@H](OC)[C@H](O)[C@@H](C)C=C(C)[C@@H]1OC(N)=O. The van der Waals surface area contributed by atoms with Crippen LogP contribution < -0.4 is 11.1 Å². The van der Waals surface area contributed by atoms with Crippen molar-refractivity contribution < 1.29 is 53.5 Å². The van der Waals surface area contributed by atoms with Crippen LogP contribution in [0.2, 0.25) is 0 Å². The van der Waals surface area contributed by atoms with Crippen molar-refractivity contribution in [2.45, 2.75) is 71.4 Å². The number of nitrogens with one attached hydrogen (secondary N) is 1. The van der Waals surface area contributed by atoms with Crippen LogP contribution in [0.25, 0.3) is 0 Å². The monoisotopic (exact) mass is 667 g/mol. The number of nitrogens with zero attached hydrogens (tertiary/aromatic N) is 1. The van der Waals surface area contributed by atoms with Crippen molar-refractivity contribution in [2.24, 2.45) is 22.6 Å². The molecule has 15 heteroatoms. The first-order valence-electron chi connectivity index (χ1n) is 14.7. The van der Waals surface area contributed by atoms with Crippen molar-refractivity contribution in [3.63, 3.8) is 0 Å². The first kappa shape index (κ1) is 38.7. The Kier molecular flexibility index (Phi) is 14.6. The van der Waals surface area contributed by atoms with E-state index in [1.165, 1.54) is 39.5 Å². The van der Waals surface area contributed by atoms with E-state index >= 15 is 0 Å². The number of ether oxygens (including phenoxy) is 3. The van der Waals surface area contributed by atoms with Gasteiger partial charge >= 0.3 is 13.7 Å². The molecule has 0 aliphatic carbocycles. The number of aliphatic imine (C=N–C) groups is 1. The summed E-state index contributed by atoms with van der Waals surface area (Å²) in [4.78, 5) is 47.4. The molecule has 2 bridgehead atoms. The largest absolute Gasteiger partial charge is 0.506 e. The Hall–Kier alpha value is -3.52. The Morgan fingerprint density at radius 2 is 1.87 bits per heavy atom. The number of rotatable bonds is 7. The number of fused-ring (bicyclic) bond motifs is 2. The lowest BCUT2D eigenvalue weighted by molar-refractivity contribution is -0.112. The van der Waals surface area contributed by atoms with Crippen LogP contribution in [-0.2, 0) is 30.0 Å². The highest BCUT2D eigenvalue weighted by Crippen LogP contribution is 2.44. The van der Waals surface area contributed by atoms with E-state index in [2.05, 4.69) is 10.3 Å². The molecular formula is C31H46N3O11P. The fourth-order valence-electron chi connectivity index (χ4n) is 5.12. The number of allylic oxidation sites excluding steroid dienone is 2. The summed E-state index contributed by atoms with van der Waals surface area (Å²) < 4.78 is 27.8. The maximum absolute atomic E-state index is 13.1. The molecule has 0 saturated heterocycles. The van der Waals surface area contributed by atoms with Gasteiger partial charge in [-0.25, -0.2) is 4.79 Å². The first-order valence-corrected chi connectivity index (χ1v) is 16.5. The number of amides is 2. The highest BCUT2D eigenvalue weighted by Gasteiger charge is 2.30. The lowest BCUT2D eigenvalue weighted by atomic mass is 9.87. The predicted octanol–water partition coefficient (Wildman–Crippen LogP) is 3.83. The Bertz CT molecular complexity index is 1400. The van der Waals surface area contributed by atoms with Crippen molar-refractivity contribution >= 4 is 37.2 Å². The molecule has 0 spiro atoms. The molecule has 1 aromatic carbocycles. The maximum Gasteiger partial charge on any atom is 0.405 e. The van der Waals surface area contributed by atoms with Crippen molar-refractivity contribution in [3.8, 4) is 11.5 Å². The van der Waals surface area contributed by atoms with Crippen LogP contribution in [0.3, 0.4) is 0 Å². The number of carbonyl (C=O) groups is 2. The molecule has 1 aliphatic heterocycles. The van der Waals surface area contributed by atoms with Crippen LogP contribution in [0.4, 0.5) is 16.2 Å². The quantitative estimate of drug-likeness (QED) is 0.0726. The summed E-state index contributed by atoms with van der Waals surface area (Å²) in [7, 11) is -1.41. The van der Waals surface area contributed by atoms with Gasteiger partial charge in [-0.1, -0.05) is 38.2 Å². The zero-order valence-electron chi connectivity index (χ0n) is 26.9. The molecule has 256 valence electrons. The van der Waals surface area contributed by atoms with Crippen molar-refractivity contribution in [1.82, 2.24) is 0 Å². The van der Waals surface area contributed by atoms with Gasteiger partial charge in [0, 0.05) is 43.6 Å². The minimum Gasteiger partial charge on any atom is -0.506 e. The van der Waals surface area contributed by atoms with E-state index in [1.807, 2.05) is 6.92 Å². The molecule has 0 unspecified atom stereocenters. The summed E-state index contributed by atoms with van der Waals surface area (Å²) in [6.07, 6.45) is 2.93. The molecule has 1 aliphatic rings. The van der Waals surface area contributed by atoms with Gasteiger partial charge < -0.3 is 50.4 Å². The first-order chi connectivity index (χ1) is 21.5. The number of hydrogen-bond acceptors (Lipinski definition) is 10. The van der Waals surface area contributed by atoms with Gasteiger partial charge in [0.25, 0.3) is 5.91 Å². The molecule has 0 fully saturated rings. The summed E-state index contributed by atoms with van der Waals surface area (Å²) in [6.45, 7) is 6.85. The lowest BCUT2D eigenvalue weighted by Crippen LogP contribution is -2.37. The van der Waals surface area contributed by atoms with Gasteiger partial charge in [-0.3, -0.25) is 14.4 Å². The summed E-state index contributed by atoms with van der Waals surface area (Å²) in [6, 6.07) is 1.13. The summed E-state index contributed by atoms with van der Waals surface area (Å²) in [5.41, 5.74) is 6.18. The molecular weight excluding hydrogens is 621 g/mol. The number of aromatic hydroxyl groups is 2. The predicted molar refractivity (Wildman–Crippen MR) is 173 cm³/mol. The number of nitrogens with two attached hydrogens (primary N) is 1. The normalized spacial score (nSPS) is 25.5. The van der Waals surface area contributed by atoms with Crippen LogP contribution >= 0.6 is 7.60 Å². The van der Waals surface area contributed by atoms with Crippen molar-refractivity contribution in [3.05, 3.63) is 47.1 Å². The summed E-state index contributed by atoms with van der Waals surface area (Å²) >= 11 is 0. The van der Waals surface area contributed by atoms with Gasteiger partial charge in [0.05, 0.1) is 24.1 Å². The number of aliphatic hydroxyl groups is 1. The maximum atomic E-state index is 13.1. The molecule has 2 rings (SSSR count). The molecule has 0 aromatic heterocycles. The van der Waals surface area contributed by atoms with Gasteiger partial charge in [0.2, 0.25) is 0 Å². The molecule has 14 nitrogen and oxygen atoms in total. The minimum absolute atomic E-state index is 0.0262. The summed E-state index contributed by atoms with van der Waals surface area (Å²) in [5, 5.41) is 36.1. The number of aliphatic hydroxyl groups excluding tert-OH is 1. The van der Waals surface area contributed by atoms with Crippen LogP contribution in [0.5, 0.6) is 11.5 Å². The Morgan fingerprint density at radius 1 is 1.20 bits per heavy atom. The minimum atomic E-state index is -4.28. The third kappa shape index (κ3) is 11.4. The number of hydrogen-bond donors (Lipinski definition) is 7. The van der Waals surface area contributed by atoms with Crippen LogP contribution in [-0.4, -0.2) is 88.1 Å². The third-order valence-electron chi connectivity index (χ3n) is 7.57. The molecule has 1 aromatic rings. The molecule has 1 heterocycles. The Labute approximate surface area is 268 Å². The molecule has 46 heavy (non-hydrogen) atoms. The van der Waals surface area contributed by atoms with Crippen molar-refractivity contribution in [1.29, 1.82) is 0 Å². The second-order valence-corrected chi connectivity index (χ2v) is 13.2. The van der Waals surface area contributed by atoms with E-state index in [0.29, 0.717) is 12.0 Å². The average molecular weight is 668 g/mol. The smallest absolute Gasteiger partial charge is 0.405 e. The van der Waals surface area contributed by atoms with E-state index in [0.717, 1.165) is 6.07 Å². The number of benzene rings is 1. The third-order valence-corrected chi connectivity index (χ3v) is 8.41. The molecule has 2 amide bonds. The number of phenols is 2. The van der Waals surface area contributed by atoms with Gasteiger partial charge in [-0.05, 0) is 44.6 Å². The summed E-state index contributed by atoms with van der Waals surface area (Å²) in [5.74, 6) is -2.10. The fraction of sp³-hybridized carbons (Fsp3) is 0.516. The Morgan fingerprint density at radius 3 is 2.46 bits per heavy atom. The lowest BCUT2D eigenvalue weighted by Gasteiger charge is -2.29. The number of carbonyl (C=O) groups excluding carboxylic acids is 2. The van der Waals surface area contributed by atoms with E-state index in [4.69, 9.17) is 29.7 Å². The standard InChI is InChI=1S/C31H46N3O11P/c1-17-13-21-26(33-11-8-12-46(40,41)42)23(35)16-22(28(21)37)34-30(38)18(2)9-7-10-24(43-5)29(45-31(32)39)20(4)15-19(3)27(36)25(14-17)44-6/h7,9-11,15-17,19,24-25,27,29,35-37H,8,12-14H2,1-6H3,(H2,32,39)(H,34,38)(H2,40,41,42)/t17-,19+,24+,25+,27-,29+/m1/s1. The van der Waals surface area contributed by atoms with E-state index in [1.54, 1.807) is 26.0 Å². The van der Waals surface area contributed by atoms with Gasteiger partial charge in [0.1, 0.15) is 23.3 Å². The van der Waals surface area contributed by atoms with Crippen LogP contribution in [0, 0.1) is 11.8 Å². The highest BCUT2D eigenvalue weighted by atomic mass is 31.2. The molecule has 0 radical (unpaired) electrons. The number of methoxy groups -OCH3 is 2. The Balaban J connectivity index is 2.67.